The number of hydrogen-bond donors (Lipinski definition) is 1. The number of carbonyl (C=O) groups is 1. The van der Waals surface area contributed by atoms with Gasteiger partial charge in [-0.1, -0.05) is 15.9 Å². The molecule has 1 aromatic carbocycles. The minimum atomic E-state index is -0.000938. The number of nitrogens with zero attached hydrogens (tertiary/aromatic N) is 4. The number of benzene rings is 1. The Kier molecular flexibility index (Phi) is 5.68. The molecule has 0 bridgehead atoms. The van der Waals surface area contributed by atoms with Crippen molar-refractivity contribution in [3.05, 3.63) is 41.0 Å². The highest BCUT2D eigenvalue weighted by molar-refractivity contribution is 9.10. The molecule has 1 saturated heterocycles. The maximum atomic E-state index is 12.3. The minimum absolute atomic E-state index is 0.000938. The zero-order chi connectivity index (χ0) is 19.5. The van der Waals surface area contributed by atoms with Crippen molar-refractivity contribution in [2.45, 2.75) is 6.42 Å². The largest absolute Gasteiger partial charge is 0.385 e. The number of nitrogens with one attached hydrogen (secondary N) is 1. The molecule has 1 aliphatic heterocycles. The molecule has 2 amide bonds. The van der Waals surface area contributed by atoms with Crippen molar-refractivity contribution in [2.75, 3.05) is 51.3 Å². The lowest BCUT2D eigenvalue weighted by Crippen LogP contribution is -2.52. The second-order valence-corrected chi connectivity index (χ2v) is 7.80. The average Bonchev–Trinajstić information content (AvgIpc) is 3.20. The van der Waals surface area contributed by atoms with E-state index in [-0.39, 0.29) is 6.03 Å². The van der Waals surface area contributed by atoms with E-state index in [9.17, 15) is 4.79 Å². The number of amides is 2. The topological polar surface area (TPSA) is 62.1 Å². The number of rotatable bonds is 5. The third-order valence-corrected chi connectivity index (χ3v) is 5.56. The van der Waals surface area contributed by atoms with Gasteiger partial charge < -0.3 is 24.3 Å². The fourth-order valence-corrected chi connectivity index (χ4v) is 3.96. The van der Waals surface area contributed by atoms with Crippen LogP contribution < -0.4 is 10.2 Å². The van der Waals surface area contributed by atoms with Crippen molar-refractivity contribution < 1.29 is 9.53 Å². The maximum Gasteiger partial charge on any atom is 0.317 e. The molecule has 0 spiro atoms. The van der Waals surface area contributed by atoms with E-state index in [1.807, 2.05) is 23.1 Å². The Balaban J connectivity index is 1.49. The molecule has 8 heteroatoms. The van der Waals surface area contributed by atoms with Gasteiger partial charge in [0, 0.05) is 57.1 Å². The standard InChI is InChI=1S/C20H24BrN5O2/c1-28-13-3-7-22-20(27)25-11-9-24(10-12-25)19-18-4-2-8-26(18)17-6-5-15(21)14-16(17)23-19/h2,4-6,8,14H,3,7,9-13H2,1H3,(H,22,27). The van der Waals surface area contributed by atoms with E-state index in [4.69, 9.17) is 9.72 Å². The zero-order valence-electron chi connectivity index (χ0n) is 15.9. The number of halogens is 1. The van der Waals surface area contributed by atoms with Crippen molar-refractivity contribution in [3.63, 3.8) is 0 Å². The van der Waals surface area contributed by atoms with Crippen LogP contribution in [-0.4, -0.2) is 66.8 Å². The fraction of sp³-hybridized carbons (Fsp3) is 0.400. The van der Waals surface area contributed by atoms with Crippen LogP contribution in [0.15, 0.2) is 41.0 Å². The van der Waals surface area contributed by atoms with Gasteiger partial charge in [0.2, 0.25) is 0 Å². The smallest absolute Gasteiger partial charge is 0.317 e. The average molecular weight is 446 g/mol. The number of ether oxygens (including phenoxy) is 1. The summed E-state index contributed by atoms with van der Waals surface area (Å²) in [5, 5.41) is 2.96. The van der Waals surface area contributed by atoms with Crippen LogP contribution in [0.1, 0.15) is 6.42 Å². The van der Waals surface area contributed by atoms with Gasteiger partial charge in [-0.3, -0.25) is 0 Å². The van der Waals surface area contributed by atoms with Crippen molar-refractivity contribution >= 4 is 44.3 Å². The molecule has 28 heavy (non-hydrogen) atoms. The Bertz CT molecular complexity index is 981. The van der Waals surface area contributed by atoms with Gasteiger partial charge in [-0.05, 0) is 36.8 Å². The molecule has 1 fully saturated rings. The molecular formula is C20H24BrN5O2. The van der Waals surface area contributed by atoms with Crippen molar-refractivity contribution in [1.82, 2.24) is 19.6 Å². The minimum Gasteiger partial charge on any atom is -0.385 e. The number of fused-ring (bicyclic) bond motifs is 3. The molecule has 0 atom stereocenters. The van der Waals surface area contributed by atoms with E-state index in [1.54, 1.807) is 7.11 Å². The summed E-state index contributed by atoms with van der Waals surface area (Å²) in [5.74, 6) is 0.968. The number of methoxy groups -OCH3 is 1. The van der Waals surface area contributed by atoms with Crippen molar-refractivity contribution in [2.24, 2.45) is 0 Å². The SMILES string of the molecule is COCCCNC(=O)N1CCN(c2nc3cc(Br)ccc3n3cccc23)CC1. The first-order valence-electron chi connectivity index (χ1n) is 9.50. The summed E-state index contributed by atoms with van der Waals surface area (Å²) >= 11 is 3.54. The molecule has 3 aromatic rings. The van der Waals surface area contributed by atoms with Crippen LogP contribution in [0.4, 0.5) is 10.6 Å². The number of anilines is 1. The Morgan fingerprint density at radius 2 is 2.04 bits per heavy atom. The molecule has 3 heterocycles. The number of urea groups is 1. The van der Waals surface area contributed by atoms with Gasteiger partial charge in [-0.2, -0.15) is 0 Å². The predicted molar refractivity (Wildman–Crippen MR) is 114 cm³/mol. The lowest BCUT2D eigenvalue weighted by atomic mass is 10.2. The quantitative estimate of drug-likeness (QED) is 0.612. The summed E-state index contributed by atoms with van der Waals surface area (Å²) in [4.78, 5) is 21.4. The molecule has 1 aliphatic rings. The summed E-state index contributed by atoms with van der Waals surface area (Å²) in [6, 6.07) is 10.3. The Morgan fingerprint density at radius 1 is 1.21 bits per heavy atom. The van der Waals surface area contributed by atoms with E-state index < -0.39 is 0 Å². The highest BCUT2D eigenvalue weighted by Crippen LogP contribution is 2.27. The molecule has 1 N–H and O–H groups in total. The van der Waals surface area contributed by atoms with Crippen molar-refractivity contribution in [1.29, 1.82) is 0 Å². The monoisotopic (exact) mass is 445 g/mol. The lowest BCUT2D eigenvalue weighted by molar-refractivity contribution is 0.183. The Hall–Kier alpha value is -2.32. The van der Waals surface area contributed by atoms with Crippen molar-refractivity contribution in [3.8, 4) is 0 Å². The van der Waals surface area contributed by atoms with E-state index in [2.05, 4.69) is 48.9 Å². The van der Waals surface area contributed by atoms with Gasteiger partial charge >= 0.3 is 6.03 Å². The molecule has 0 saturated carbocycles. The molecule has 0 aliphatic carbocycles. The molecule has 4 rings (SSSR count). The normalized spacial score (nSPS) is 14.8. The fourth-order valence-electron chi connectivity index (χ4n) is 3.61. The van der Waals surface area contributed by atoms with Crippen LogP contribution in [-0.2, 0) is 4.74 Å². The number of piperazine rings is 1. The summed E-state index contributed by atoms with van der Waals surface area (Å²) < 4.78 is 8.21. The predicted octanol–water partition coefficient (Wildman–Crippen LogP) is 3.12. The van der Waals surface area contributed by atoms with E-state index in [1.165, 1.54) is 0 Å². The number of hydrogen-bond acceptors (Lipinski definition) is 4. The Labute approximate surface area is 172 Å². The summed E-state index contributed by atoms with van der Waals surface area (Å²) in [7, 11) is 1.67. The number of aromatic nitrogens is 2. The molecule has 0 radical (unpaired) electrons. The maximum absolute atomic E-state index is 12.3. The van der Waals surface area contributed by atoms with Gasteiger partial charge in [-0.25, -0.2) is 9.78 Å². The zero-order valence-corrected chi connectivity index (χ0v) is 17.5. The molecular weight excluding hydrogens is 422 g/mol. The van der Waals surface area contributed by atoms with Gasteiger partial charge in [0.1, 0.15) is 0 Å². The van der Waals surface area contributed by atoms with Crippen LogP contribution >= 0.6 is 15.9 Å². The summed E-state index contributed by atoms with van der Waals surface area (Å²) in [6.07, 6.45) is 2.89. The van der Waals surface area contributed by atoms with E-state index in [0.717, 1.165) is 46.4 Å². The summed E-state index contributed by atoms with van der Waals surface area (Å²) in [5.41, 5.74) is 3.12. The Morgan fingerprint density at radius 3 is 2.82 bits per heavy atom. The first-order valence-corrected chi connectivity index (χ1v) is 10.3. The third kappa shape index (κ3) is 3.79. The van der Waals surface area contributed by atoms with Crippen LogP contribution in [0.5, 0.6) is 0 Å². The van der Waals surface area contributed by atoms with Gasteiger partial charge in [0.15, 0.2) is 5.82 Å². The van der Waals surface area contributed by atoms with E-state index >= 15 is 0 Å². The molecule has 7 nitrogen and oxygen atoms in total. The van der Waals surface area contributed by atoms with Gasteiger partial charge in [0.05, 0.1) is 16.6 Å². The van der Waals surface area contributed by atoms with Crippen LogP contribution in [0.2, 0.25) is 0 Å². The molecule has 0 unspecified atom stereocenters. The molecule has 148 valence electrons. The van der Waals surface area contributed by atoms with Gasteiger partial charge in [0.25, 0.3) is 0 Å². The second-order valence-electron chi connectivity index (χ2n) is 6.88. The lowest BCUT2D eigenvalue weighted by Gasteiger charge is -2.35. The second kappa shape index (κ2) is 8.36. The first-order chi connectivity index (χ1) is 13.7. The molecule has 2 aromatic heterocycles. The summed E-state index contributed by atoms with van der Waals surface area (Å²) in [6.45, 7) is 4.18. The number of carbonyl (C=O) groups excluding carboxylic acids is 1. The van der Waals surface area contributed by atoms with E-state index in [0.29, 0.717) is 26.2 Å². The third-order valence-electron chi connectivity index (χ3n) is 5.07. The highest BCUT2D eigenvalue weighted by Gasteiger charge is 2.23. The van der Waals surface area contributed by atoms with Gasteiger partial charge in [-0.15, -0.1) is 0 Å². The van der Waals surface area contributed by atoms with Crippen LogP contribution in [0.3, 0.4) is 0 Å². The highest BCUT2D eigenvalue weighted by atomic mass is 79.9. The van der Waals surface area contributed by atoms with Crippen LogP contribution in [0.25, 0.3) is 16.6 Å². The first kappa shape index (κ1) is 19.0. The van der Waals surface area contributed by atoms with Crippen LogP contribution in [0, 0.1) is 0 Å².